The van der Waals surface area contributed by atoms with Gasteiger partial charge in [-0.05, 0) is 49.9 Å². The van der Waals surface area contributed by atoms with Gasteiger partial charge in [0.1, 0.15) is 0 Å². The van der Waals surface area contributed by atoms with Crippen LogP contribution in [0.3, 0.4) is 0 Å². The molecule has 25 heavy (non-hydrogen) atoms. The van der Waals surface area contributed by atoms with Gasteiger partial charge in [0.05, 0.1) is 0 Å². The smallest absolute Gasteiger partial charge is 0.317 e. The number of likely N-dealkylation sites (tertiary alicyclic amines) is 1. The van der Waals surface area contributed by atoms with Crippen LogP contribution in [0.4, 0.5) is 4.79 Å². The van der Waals surface area contributed by atoms with Crippen molar-refractivity contribution in [2.45, 2.75) is 62.0 Å². The summed E-state index contributed by atoms with van der Waals surface area (Å²) in [6.45, 7) is 5.44. The van der Waals surface area contributed by atoms with Gasteiger partial charge in [-0.1, -0.05) is 38.3 Å². The van der Waals surface area contributed by atoms with Gasteiger partial charge in [0, 0.05) is 29.8 Å². The molecule has 1 aliphatic heterocycles. The van der Waals surface area contributed by atoms with Crippen LogP contribution in [0.2, 0.25) is 0 Å². The molecule has 0 unspecified atom stereocenters. The van der Waals surface area contributed by atoms with Crippen molar-refractivity contribution in [2.75, 3.05) is 26.2 Å². The average Bonchev–Trinajstić information content (AvgIpc) is 2.64. The number of hydrogen-bond donors (Lipinski definition) is 2. The normalized spacial score (nSPS) is 15.4. The zero-order chi connectivity index (χ0) is 17.9. The van der Waals surface area contributed by atoms with Crippen molar-refractivity contribution < 1.29 is 4.79 Å². The third-order valence-corrected chi connectivity index (χ3v) is 6.04. The Bertz CT molecular complexity index is 498. The molecule has 5 heteroatoms. The number of unbranched alkanes of at least 4 members (excludes halogenated alkanes) is 3. The van der Waals surface area contributed by atoms with Crippen molar-refractivity contribution in [3.63, 3.8) is 0 Å². The van der Waals surface area contributed by atoms with Crippen LogP contribution in [0.5, 0.6) is 0 Å². The second kappa shape index (κ2) is 11.4. The second-order valence-corrected chi connectivity index (χ2v) is 8.15. The first-order valence-corrected chi connectivity index (χ1v) is 10.6. The van der Waals surface area contributed by atoms with Crippen LogP contribution in [0.1, 0.15) is 51.0 Å². The zero-order valence-corrected chi connectivity index (χ0v) is 16.3. The standard InChI is InChI=1S/C20H33N3OS/c1-2-3-4-5-14-22-20(24)23-15-11-19(12-16-23)25-18-8-6-17(7-9-18)10-13-21/h6-9,19H,2-5,10-16,21H2,1H3,(H,22,24). The van der Waals surface area contributed by atoms with E-state index in [2.05, 4.69) is 36.5 Å². The molecule has 1 fully saturated rings. The maximum absolute atomic E-state index is 12.2. The van der Waals surface area contributed by atoms with Gasteiger partial charge in [-0.15, -0.1) is 11.8 Å². The van der Waals surface area contributed by atoms with Crippen LogP contribution in [0, 0.1) is 0 Å². The highest BCUT2D eigenvalue weighted by atomic mass is 32.2. The fourth-order valence-electron chi connectivity index (χ4n) is 3.13. The van der Waals surface area contributed by atoms with Crippen molar-refractivity contribution in [1.29, 1.82) is 0 Å². The molecule has 2 rings (SSSR count). The summed E-state index contributed by atoms with van der Waals surface area (Å²) in [5.41, 5.74) is 6.90. The topological polar surface area (TPSA) is 58.4 Å². The number of benzene rings is 1. The van der Waals surface area contributed by atoms with Gasteiger partial charge in [-0.25, -0.2) is 4.79 Å². The van der Waals surface area contributed by atoms with Gasteiger partial charge in [0.2, 0.25) is 0 Å². The summed E-state index contributed by atoms with van der Waals surface area (Å²) in [6.07, 6.45) is 7.86. The van der Waals surface area contributed by atoms with Crippen molar-refractivity contribution >= 4 is 17.8 Å². The van der Waals surface area contributed by atoms with Crippen LogP contribution in [0.15, 0.2) is 29.2 Å². The molecule has 0 bridgehead atoms. The van der Waals surface area contributed by atoms with Crippen LogP contribution in [-0.2, 0) is 6.42 Å². The number of carbonyl (C=O) groups is 1. The minimum Gasteiger partial charge on any atom is -0.338 e. The van der Waals surface area contributed by atoms with Crippen molar-refractivity contribution in [3.8, 4) is 0 Å². The van der Waals surface area contributed by atoms with Gasteiger partial charge in [-0.2, -0.15) is 0 Å². The Labute approximate surface area is 156 Å². The summed E-state index contributed by atoms with van der Waals surface area (Å²) in [5.74, 6) is 0. The SMILES string of the molecule is CCCCCCNC(=O)N1CCC(Sc2ccc(CCN)cc2)CC1. The number of urea groups is 1. The lowest BCUT2D eigenvalue weighted by Crippen LogP contribution is -2.45. The number of carbonyl (C=O) groups excluding carboxylic acids is 1. The minimum atomic E-state index is 0.117. The quantitative estimate of drug-likeness (QED) is 0.651. The fraction of sp³-hybridized carbons (Fsp3) is 0.650. The maximum Gasteiger partial charge on any atom is 0.317 e. The summed E-state index contributed by atoms with van der Waals surface area (Å²) in [4.78, 5) is 15.5. The molecule has 4 nitrogen and oxygen atoms in total. The first-order valence-electron chi connectivity index (χ1n) is 9.71. The molecule has 0 atom stereocenters. The molecule has 3 N–H and O–H groups in total. The number of nitrogens with one attached hydrogen (secondary N) is 1. The van der Waals surface area contributed by atoms with Gasteiger partial charge in [0.15, 0.2) is 0 Å². The monoisotopic (exact) mass is 363 g/mol. The molecule has 1 aromatic rings. The van der Waals surface area contributed by atoms with Gasteiger partial charge in [-0.3, -0.25) is 0 Å². The number of hydrogen-bond acceptors (Lipinski definition) is 3. The van der Waals surface area contributed by atoms with Gasteiger partial charge < -0.3 is 16.0 Å². The van der Waals surface area contributed by atoms with Crippen LogP contribution in [-0.4, -0.2) is 42.4 Å². The van der Waals surface area contributed by atoms with Crippen molar-refractivity contribution in [3.05, 3.63) is 29.8 Å². The Morgan fingerprint density at radius 1 is 1.20 bits per heavy atom. The molecule has 1 aromatic carbocycles. The Morgan fingerprint density at radius 2 is 1.92 bits per heavy atom. The number of rotatable bonds is 9. The first-order chi connectivity index (χ1) is 12.2. The van der Waals surface area contributed by atoms with E-state index in [1.807, 2.05) is 16.7 Å². The van der Waals surface area contributed by atoms with E-state index in [1.165, 1.54) is 29.7 Å². The van der Waals surface area contributed by atoms with E-state index in [4.69, 9.17) is 5.73 Å². The summed E-state index contributed by atoms with van der Waals surface area (Å²) in [5, 5.41) is 3.67. The van der Waals surface area contributed by atoms with Crippen LogP contribution in [0.25, 0.3) is 0 Å². The molecule has 0 spiro atoms. The molecule has 0 aliphatic carbocycles. The summed E-state index contributed by atoms with van der Waals surface area (Å²) in [7, 11) is 0. The van der Waals surface area contributed by atoms with E-state index in [0.717, 1.165) is 45.3 Å². The molecule has 140 valence electrons. The third-order valence-electron chi connectivity index (χ3n) is 4.69. The predicted molar refractivity (Wildman–Crippen MR) is 107 cm³/mol. The number of thioether (sulfide) groups is 1. The Hall–Kier alpha value is -1.20. The average molecular weight is 364 g/mol. The predicted octanol–water partition coefficient (Wildman–Crippen LogP) is 4.03. The van der Waals surface area contributed by atoms with Crippen LogP contribution >= 0.6 is 11.8 Å². The van der Waals surface area contributed by atoms with Crippen molar-refractivity contribution in [1.82, 2.24) is 10.2 Å². The number of piperidine rings is 1. The molecule has 0 saturated carbocycles. The van der Waals surface area contributed by atoms with Gasteiger partial charge >= 0.3 is 6.03 Å². The molecule has 1 heterocycles. The minimum absolute atomic E-state index is 0.117. The summed E-state index contributed by atoms with van der Waals surface area (Å²) < 4.78 is 0. The second-order valence-electron chi connectivity index (χ2n) is 6.78. The third kappa shape index (κ3) is 7.28. The molecule has 1 saturated heterocycles. The lowest BCUT2D eigenvalue weighted by atomic mass is 10.1. The molecule has 0 radical (unpaired) electrons. The lowest BCUT2D eigenvalue weighted by molar-refractivity contribution is 0.187. The maximum atomic E-state index is 12.2. The van der Waals surface area contributed by atoms with Crippen molar-refractivity contribution in [2.24, 2.45) is 5.73 Å². The van der Waals surface area contributed by atoms with E-state index >= 15 is 0 Å². The highest BCUT2D eigenvalue weighted by molar-refractivity contribution is 8.00. The molecule has 2 amide bonds. The molecular formula is C20H33N3OS. The first kappa shape index (κ1) is 20.1. The summed E-state index contributed by atoms with van der Waals surface area (Å²) in [6, 6.07) is 8.87. The lowest BCUT2D eigenvalue weighted by Gasteiger charge is -2.31. The van der Waals surface area contributed by atoms with E-state index in [0.29, 0.717) is 11.8 Å². The largest absolute Gasteiger partial charge is 0.338 e. The summed E-state index contributed by atoms with van der Waals surface area (Å²) >= 11 is 1.94. The Balaban J connectivity index is 1.66. The zero-order valence-electron chi connectivity index (χ0n) is 15.5. The Morgan fingerprint density at radius 3 is 2.56 bits per heavy atom. The number of nitrogens with zero attached hydrogens (tertiary/aromatic N) is 1. The molecular weight excluding hydrogens is 330 g/mol. The number of nitrogens with two attached hydrogens (primary N) is 1. The van der Waals surface area contributed by atoms with Crippen LogP contribution < -0.4 is 11.1 Å². The van der Waals surface area contributed by atoms with E-state index in [1.54, 1.807) is 0 Å². The highest BCUT2D eigenvalue weighted by Gasteiger charge is 2.23. The van der Waals surface area contributed by atoms with E-state index in [9.17, 15) is 4.79 Å². The van der Waals surface area contributed by atoms with E-state index in [-0.39, 0.29) is 6.03 Å². The van der Waals surface area contributed by atoms with E-state index < -0.39 is 0 Å². The number of amides is 2. The highest BCUT2D eigenvalue weighted by Crippen LogP contribution is 2.30. The molecule has 1 aliphatic rings. The Kier molecular flexibility index (Phi) is 9.19. The van der Waals surface area contributed by atoms with Gasteiger partial charge in [0.25, 0.3) is 0 Å². The fourth-order valence-corrected chi connectivity index (χ4v) is 4.25. The molecule has 0 aromatic heterocycles.